The predicted molar refractivity (Wildman–Crippen MR) is 133 cm³/mol. The van der Waals surface area contributed by atoms with E-state index in [1.807, 2.05) is 97.6 Å². The highest BCUT2D eigenvalue weighted by Gasteiger charge is 2.27. The topological polar surface area (TPSA) is 52.7 Å². The molecule has 33 heavy (non-hydrogen) atoms. The third-order valence-electron chi connectivity index (χ3n) is 6.34. The zero-order valence-corrected chi connectivity index (χ0v) is 19.3. The molecule has 0 aliphatic carbocycles. The van der Waals surface area contributed by atoms with Crippen molar-refractivity contribution < 1.29 is 9.59 Å². The Kier molecular flexibility index (Phi) is 7.20. The molecule has 3 aromatic carbocycles. The van der Waals surface area contributed by atoms with Crippen molar-refractivity contribution in [1.29, 1.82) is 0 Å². The summed E-state index contributed by atoms with van der Waals surface area (Å²) in [6.07, 6.45) is 0.423. The number of carbonyl (C=O) groups excluding carboxylic acids is 2. The number of benzene rings is 3. The molecule has 1 unspecified atom stereocenters. The molecule has 1 fully saturated rings. The number of para-hydroxylation sites is 1. The predicted octanol–water partition coefficient (Wildman–Crippen LogP) is 4.38. The van der Waals surface area contributed by atoms with E-state index in [9.17, 15) is 9.59 Å². The van der Waals surface area contributed by atoms with Gasteiger partial charge in [-0.15, -0.1) is 0 Å². The van der Waals surface area contributed by atoms with Gasteiger partial charge in [-0.2, -0.15) is 0 Å². The Bertz CT molecular complexity index is 1090. The van der Waals surface area contributed by atoms with Gasteiger partial charge in [-0.3, -0.25) is 14.5 Å². The van der Waals surface area contributed by atoms with Crippen molar-refractivity contribution in [3.63, 3.8) is 0 Å². The van der Waals surface area contributed by atoms with Gasteiger partial charge in [-0.1, -0.05) is 78.4 Å². The van der Waals surface area contributed by atoms with E-state index in [-0.39, 0.29) is 17.9 Å². The van der Waals surface area contributed by atoms with Crippen molar-refractivity contribution >= 4 is 17.5 Å². The first-order valence-electron chi connectivity index (χ1n) is 11.5. The Balaban J connectivity index is 1.33. The number of hydrogen-bond acceptors (Lipinski definition) is 3. The van der Waals surface area contributed by atoms with Crippen molar-refractivity contribution in [1.82, 2.24) is 9.80 Å². The van der Waals surface area contributed by atoms with E-state index in [0.29, 0.717) is 32.6 Å². The number of amides is 2. The maximum Gasteiger partial charge on any atom is 0.241 e. The molecule has 5 nitrogen and oxygen atoms in total. The van der Waals surface area contributed by atoms with Gasteiger partial charge in [0.2, 0.25) is 11.8 Å². The fourth-order valence-corrected chi connectivity index (χ4v) is 4.22. The summed E-state index contributed by atoms with van der Waals surface area (Å²) in [7, 11) is 0. The number of piperazine rings is 1. The summed E-state index contributed by atoms with van der Waals surface area (Å²) in [6.45, 7) is 6.64. The maximum atomic E-state index is 13.0. The SMILES string of the molecule is Cc1ccc(CC(=O)N2CCN(C(C)C(=O)Nc3ccccc3-c3ccccc3)CC2)cc1. The van der Waals surface area contributed by atoms with Crippen LogP contribution in [0.15, 0.2) is 78.9 Å². The highest BCUT2D eigenvalue weighted by molar-refractivity contribution is 5.98. The minimum atomic E-state index is -0.275. The van der Waals surface area contributed by atoms with E-state index in [1.54, 1.807) is 0 Å². The molecule has 4 rings (SSSR count). The van der Waals surface area contributed by atoms with Gasteiger partial charge in [0.15, 0.2) is 0 Å². The van der Waals surface area contributed by atoms with Crippen LogP contribution in [0.1, 0.15) is 18.1 Å². The fraction of sp³-hybridized carbons (Fsp3) is 0.286. The molecule has 0 spiro atoms. The van der Waals surface area contributed by atoms with Crippen LogP contribution in [0.3, 0.4) is 0 Å². The van der Waals surface area contributed by atoms with Gasteiger partial charge in [0, 0.05) is 37.4 Å². The number of nitrogens with zero attached hydrogens (tertiary/aromatic N) is 2. The lowest BCUT2D eigenvalue weighted by molar-refractivity contribution is -0.133. The molecular weight excluding hydrogens is 410 g/mol. The first-order valence-corrected chi connectivity index (χ1v) is 11.5. The van der Waals surface area contributed by atoms with Gasteiger partial charge in [0.25, 0.3) is 0 Å². The van der Waals surface area contributed by atoms with Gasteiger partial charge < -0.3 is 10.2 Å². The zero-order chi connectivity index (χ0) is 23.2. The molecule has 1 aliphatic heterocycles. The van der Waals surface area contributed by atoms with E-state index in [1.165, 1.54) is 5.56 Å². The molecule has 5 heteroatoms. The van der Waals surface area contributed by atoms with Crippen LogP contribution in [-0.4, -0.2) is 53.8 Å². The van der Waals surface area contributed by atoms with Crippen molar-refractivity contribution in [2.24, 2.45) is 0 Å². The summed E-state index contributed by atoms with van der Waals surface area (Å²) >= 11 is 0. The largest absolute Gasteiger partial charge is 0.340 e. The van der Waals surface area contributed by atoms with Gasteiger partial charge in [0.05, 0.1) is 12.5 Å². The number of aryl methyl sites for hydroxylation is 1. The summed E-state index contributed by atoms with van der Waals surface area (Å²) < 4.78 is 0. The Morgan fingerprint density at radius 1 is 0.848 bits per heavy atom. The van der Waals surface area contributed by atoms with E-state index in [2.05, 4.69) is 10.2 Å². The second-order valence-corrected chi connectivity index (χ2v) is 8.66. The standard InChI is InChI=1S/C28H31N3O2/c1-21-12-14-23(15-13-21)20-27(32)31-18-16-30(17-19-31)22(2)28(33)29-26-11-7-6-10-25(26)24-8-4-3-5-9-24/h3-15,22H,16-20H2,1-2H3,(H,29,33). The zero-order valence-electron chi connectivity index (χ0n) is 19.3. The summed E-state index contributed by atoms with van der Waals surface area (Å²) in [4.78, 5) is 29.8. The van der Waals surface area contributed by atoms with Crippen LogP contribution in [0, 0.1) is 6.92 Å². The quantitative estimate of drug-likeness (QED) is 0.618. The van der Waals surface area contributed by atoms with Gasteiger partial charge in [-0.25, -0.2) is 0 Å². The third kappa shape index (κ3) is 5.68. The normalized spacial score (nSPS) is 15.2. The molecule has 2 amide bonds. The molecule has 170 valence electrons. The smallest absolute Gasteiger partial charge is 0.241 e. The Morgan fingerprint density at radius 2 is 1.48 bits per heavy atom. The maximum absolute atomic E-state index is 13.0. The molecule has 0 aromatic heterocycles. The second kappa shape index (κ2) is 10.5. The lowest BCUT2D eigenvalue weighted by Gasteiger charge is -2.37. The molecule has 0 saturated carbocycles. The molecule has 1 N–H and O–H groups in total. The van der Waals surface area contributed by atoms with Crippen molar-refractivity contribution in [3.05, 3.63) is 90.0 Å². The van der Waals surface area contributed by atoms with Crippen molar-refractivity contribution in [3.8, 4) is 11.1 Å². The number of nitrogens with one attached hydrogen (secondary N) is 1. The minimum absolute atomic E-state index is 0.0298. The summed E-state index contributed by atoms with van der Waals surface area (Å²) in [5, 5.41) is 3.12. The fourth-order valence-electron chi connectivity index (χ4n) is 4.22. The molecule has 1 saturated heterocycles. The van der Waals surface area contributed by atoms with Gasteiger partial charge in [0.1, 0.15) is 0 Å². The molecule has 3 aromatic rings. The van der Waals surface area contributed by atoms with Crippen molar-refractivity contribution in [2.75, 3.05) is 31.5 Å². The molecule has 1 aliphatic rings. The second-order valence-electron chi connectivity index (χ2n) is 8.66. The van der Waals surface area contributed by atoms with Crippen LogP contribution >= 0.6 is 0 Å². The summed E-state index contributed by atoms with van der Waals surface area (Å²) in [5.41, 5.74) is 5.12. The number of anilines is 1. The molecule has 1 atom stereocenters. The van der Waals surface area contributed by atoms with E-state index < -0.39 is 0 Å². The number of hydrogen-bond donors (Lipinski definition) is 1. The highest BCUT2D eigenvalue weighted by atomic mass is 16.2. The molecule has 1 heterocycles. The third-order valence-corrected chi connectivity index (χ3v) is 6.34. The van der Waals surface area contributed by atoms with Crippen LogP contribution in [0.25, 0.3) is 11.1 Å². The Labute approximate surface area is 196 Å². The van der Waals surface area contributed by atoms with Gasteiger partial charge in [-0.05, 0) is 31.0 Å². The summed E-state index contributed by atoms with van der Waals surface area (Å²) in [6, 6.07) is 25.8. The number of carbonyl (C=O) groups is 2. The van der Waals surface area contributed by atoms with Crippen LogP contribution in [0.2, 0.25) is 0 Å². The first kappa shape index (κ1) is 22.7. The average Bonchev–Trinajstić information content (AvgIpc) is 2.86. The van der Waals surface area contributed by atoms with Gasteiger partial charge >= 0.3 is 0 Å². The molecule has 0 bridgehead atoms. The monoisotopic (exact) mass is 441 g/mol. The van der Waals surface area contributed by atoms with Crippen LogP contribution in [0.4, 0.5) is 5.69 Å². The minimum Gasteiger partial charge on any atom is -0.340 e. The van der Waals surface area contributed by atoms with E-state index >= 15 is 0 Å². The van der Waals surface area contributed by atoms with Crippen molar-refractivity contribution in [2.45, 2.75) is 26.3 Å². The Hall–Kier alpha value is -3.44. The lowest BCUT2D eigenvalue weighted by Crippen LogP contribution is -2.54. The molecular formula is C28H31N3O2. The molecule has 0 radical (unpaired) electrons. The van der Waals surface area contributed by atoms with Crippen LogP contribution in [-0.2, 0) is 16.0 Å². The average molecular weight is 442 g/mol. The van der Waals surface area contributed by atoms with E-state index in [0.717, 1.165) is 22.4 Å². The van der Waals surface area contributed by atoms with Crippen LogP contribution < -0.4 is 5.32 Å². The number of rotatable bonds is 6. The highest BCUT2D eigenvalue weighted by Crippen LogP contribution is 2.27. The van der Waals surface area contributed by atoms with Crippen LogP contribution in [0.5, 0.6) is 0 Å². The first-order chi connectivity index (χ1) is 16.0. The lowest BCUT2D eigenvalue weighted by atomic mass is 10.0. The summed E-state index contributed by atoms with van der Waals surface area (Å²) in [5.74, 6) is 0.116. The van der Waals surface area contributed by atoms with E-state index in [4.69, 9.17) is 0 Å². The Morgan fingerprint density at radius 3 is 2.18 bits per heavy atom.